The molecular weight excluding hydrogens is 369 g/mol. The Kier molecular flexibility index (Phi) is 4.13. The molecule has 146 valence electrons. The number of fused-ring (bicyclic) bond motifs is 3. The van der Waals surface area contributed by atoms with E-state index in [4.69, 9.17) is 4.52 Å². The Balaban J connectivity index is 1.21. The van der Waals surface area contributed by atoms with Crippen LogP contribution in [0.15, 0.2) is 47.1 Å². The average molecular weight is 388 g/mol. The molecule has 0 aliphatic carbocycles. The topological polar surface area (TPSA) is 45.4 Å². The lowest BCUT2D eigenvalue weighted by atomic mass is 9.87. The highest BCUT2D eigenvalue weighted by atomic mass is 19.4. The molecule has 28 heavy (non-hydrogen) atoms. The van der Waals surface area contributed by atoms with Crippen LogP contribution in [-0.2, 0) is 19.3 Å². The summed E-state index contributed by atoms with van der Waals surface area (Å²) in [6.07, 6.45) is -1.91. The molecule has 0 N–H and O–H groups in total. The van der Waals surface area contributed by atoms with E-state index in [0.717, 1.165) is 54.3 Å². The molecule has 0 amide bonds. The van der Waals surface area contributed by atoms with Crippen LogP contribution in [0.2, 0.25) is 0 Å². The van der Waals surface area contributed by atoms with Gasteiger partial charge in [-0.2, -0.15) is 13.2 Å². The third kappa shape index (κ3) is 3.16. The van der Waals surface area contributed by atoms with E-state index in [0.29, 0.717) is 18.6 Å². The first-order chi connectivity index (χ1) is 13.5. The maximum absolute atomic E-state index is 12.6. The molecule has 3 aromatic rings. The van der Waals surface area contributed by atoms with Crippen molar-refractivity contribution in [1.29, 1.82) is 0 Å². The molecule has 0 radical (unpaired) electrons. The van der Waals surface area contributed by atoms with Gasteiger partial charge in [0, 0.05) is 49.8 Å². The molecule has 0 saturated carbocycles. The van der Waals surface area contributed by atoms with E-state index in [1.54, 1.807) is 0 Å². The molecule has 3 fully saturated rings. The highest BCUT2D eigenvalue weighted by Crippen LogP contribution is 2.35. The third-order valence-corrected chi connectivity index (χ3v) is 5.73. The van der Waals surface area contributed by atoms with Crippen molar-refractivity contribution in [1.82, 2.24) is 19.9 Å². The number of halogens is 3. The van der Waals surface area contributed by atoms with Crippen LogP contribution in [0.5, 0.6) is 0 Å². The predicted octanol–water partition coefficient (Wildman–Crippen LogP) is 3.70. The van der Waals surface area contributed by atoms with E-state index in [9.17, 15) is 13.2 Å². The van der Waals surface area contributed by atoms with Crippen molar-refractivity contribution in [2.75, 3.05) is 13.1 Å². The Morgan fingerprint density at radius 2 is 1.82 bits per heavy atom. The minimum absolute atomic E-state index is 0.441. The zero-order chi connectivity index (χ0) is 19.3. The van der Waals surface area contributed by atoms with Gasteiger partial charge in [-0.15, -0.1) is 0 Å². The van der Waals surface area contributed by atoms with Crippen molar-refractivity contribution >= 4 is 11.0 Å². The maximum atomic E-state index is 12.6. The molecule has 3 aliphatic heterocycles. The number of aromatic nitrogens is 2. The molecule has 3 saturated heterocycles. The summed E-state index contributed by atoms with van der Waals surface area (Å²) in [6, 6.07) is 11.3. The second-order valence-corrected chi connectivity index (χ2v) is 7.58. The number of rotatable bonds is 4. The van der Waals surface area contributed by atoms with E-state index >= 15 is 0 Å². The van der Waals surface area contributed by atoms with Gasteiger partial charge in [0.1, 0.15) is 11.4 Å². The van der Waals surface area contributed by atoms with E-state index in [1.165, 1.54) is 12.3 Å². The van der Waals surface area contributed by atoms with Gasteiger partial charge in [-0.1, -0.05) is 23.4 Å². The number of alkyl halides is 3. The quantitative estimate of drug-likeness (QED) is 0.682. The molecule has 3 aliphatic rings. The smallest absolute Gasteiger partial charge is 0.356 e. The van der Waals surface area contributed by atoms with E-state index in [-0.39, 0.29) is 0 Å². The van der Waals surface area contributed by atoms with E-state index in [1.807, 2.05) is 24.3 Å². The fourth-order valence-electron chi connectivity index (χ4n) is 4.33. The number of para-hydroxylation sites is 1. The zero-order valence-corrected chi connectivity index (χ0v) is 15.1. The maximum Gasteiger partial charge on any atom is 0.433 e. The van der Waals surface area contributed by atoms with Crippen LogP contribution in [0.4, 0.5) is 13.2 Å². The Bertz CT molecular complexity index is 973. The Morgan fingerprint density at radius 1 is 1.04 bits per heavy atom. The van der Waals surface area contributed by atoms with Crippen molar-refractivity contribution < 1.29 is 17.7 Å². The van der Waals surface area contributed by atoms with Gasteiger partial charge >= 0.3 is 6.18 Å². The number of benzene rings is 1. The number of piperazine rings is 1. The number of pyridine rings is 1. The summed E-state index contributed by atoms with van der Waals surface area (Å²) in [6.45, 7) is 3.18. The Morgan fingerprint density at radius 3 is 2.54 bits per heavy atom. The molecule has 5 heterocycles. The first-order valence-electron chi connectivity index (χ1n) is 9.31. The van der Waals surface area contributed by atoms with Gasteiger partial charge in [-0.3, -0.25) is 14.8 Å². The van der Waals surface area contributed by atoms with Crippen LogP contribution < -0.4 is 0 Å². The van der Waals surface area contributed by atoms with Crippen molar-refractivity contribution in [3.05, 3.63) is 59.5 Å². The second-order valence-electron chi connectivity index (χ2n) is 7.58. The van der Waals surface area contributed by atoms with Gasteiger partial charge in [0.15, 0.2) is 5.58 Å². The second kappa shape index (κ2) is 6.56. The molecule has 5 nitrogen and oxygen atoms in total. The highest BCUT2D eigenvalue weighted by Gasteiger charge is 2.44. The van der Waals surface area contributed by atoms with E-state index < -0.39 is 11.9 Å². The third-order valence-electron chi connectivity index (χ3n) is 5.73. The predicted molar refractivity (Wildman–Crippen MR) is 96.3 cm³/mol. The van der Waals surface area contributed by atoms with Crippen molar-refractivity contribution in [3.8, 4) is 0 Å². The Hall–Kier alpha value is -2.45. The molecule has 8 heteroatoms. The van der Waals surface area contributed by atoms with Gasteiger partial charge in [0.05, 0.1) is 0 Å². The van der Waals surface area contributed by atoms with Gasteiger partial charge in [-0.25, -0.2) is 0 Å². The highest BCUT2D eigenvalue weighted by molar-refractivity contribution is 5.79. The number of hydrogen-bond donors (Lipinski definition) is 0. The van der Waals surface area contributed by atoms with Gasteiger partial charge in [0.2, 0.25) is 0 Å². The fourth-order valence-corrected chi connectivity index (χ4v) is 4.33. The summed E-state index contributed by atoms with van der Waals surface area (Å²) in [4.78, 5) is 8.30. The van der Waals surface area contributed by atoms with E-state index in [2.05, 4.69) is 19.9 Å². The zero-order valence-electron chi connectivity index (χ0n) is 15.1. The number of nitrogens with zero attached hydrogens (tertiary/aromatic N) is 4. The van der Waals surface area contributed by atoms with Gasteiger partial charge < -0.3 is 4.52 Å². The molecule has 0 spiro atoms. The fraction of sp³-hybridized carbons (Fsp3) is 0.400. The van der Waals surface area contributed by atoms with Crippen LogP contribution in [0.25, 0.3) is 11.0 Å². The summed E-state index contributed by atoms with van der Waals surface area (Å²) in [5, 5.41) is 5.28. The van der Waals surface area contributed by atoms with Crippen LogP contribution >= 0.6 is 0 Å². The summed E-state index contributed by atoms with van der Waals surface area (Å²) >= 11 is 0. The summed E-state index contributed by atoms with van der Waals surface area (Å²) in [5.41, 5.74) is 1.73. The Labute approximate surface area is 159 Å². The minimum atomic E-state index is -4.39. The molecular formula is C20H19F3N4O. The molecule has 2 bridgehead atoms. The average Bonchev–Trinajstić information content (AvgIpc) is 3.09. The molecule has 2 atom stereocenters. The first kappa shape index (κ1) is 17.6. The molecule has 2 aromatic heterocycles. The number of hydrogen-bond acceptors (Lipinski definition) is 5. The summed E-state index contributed by atoms with van der Waals surface area (Å²) in [5.74, 6) is 0. The molecule has 1 aromatic carbocycles. The van der Waals surface area contributed by atoms with Gasteiger partial charge in [0.25, 0.3) is 0 Å². The van der Waals surface area contributed by atoms with Crippen LogP contribution in [0, 0.1) is 0 Å². The van der Waals surface area contributed by atoms with Crippen molar-refractivity contribution in [3.63, 3.8) is 0 Å². The monoisotopic (exact) mass is 388 g/mol. The molecule has 2 unspecified atom stereocenters. The lowest BCUT2D eigenvalue weighted by Crippen LogP contribution is -2.67. The lowest BCUT2D eigenvalue weighted by molar-refractivity contribution is -0.141. The normalized spacial score (nSPS) is 23.1. The van der Waals surface area contributed by atoms with Gasteiger partial charge in [-0.05, 0) is 30.2 Å². The lowest BCUT2D eigenvalue weighted by Gasteiger charge is -2.56. The van der Waals surface area contributed by atoms with Crippen LogP contribution in [0.1, 0.15) is 23.4 Å². The molecule has 6 rings (SSSR count). The van der Waals surface area contributed by atoms with Crippen molar-refractivity contribution in [2.45, 2.75) is 37.8 Å². The number of piperidine rings is 1. The van der Waals surface area contributed by atoms with Crippen molar-refractivity contribution in [2.24, 2.45) is 0 Å². The standard InChI is InChI=1S/C20H19F3N4O/c21-20(22,23)19-6-5-13(8-24-19)9-26-10-14-7-15(11-26)27(14)12-17-16-3-1-2-4-18(16)28-25-17/h1-6,8,14-15H,7,9-12H2. The van der Waals surface area contributed by atoms with Crippen LogP contribution in [0.3, 0.4) is 0 Å². The summed E-state index contributed by atoms with van der Waals surface area (Å²) < 4.78 is 43.3. The van der Waals surface area contributed by atoms with Crippen LogP contribution in [-0.4, -0.2) is 45.1 Å². The first-order valence-corrected chi connectivity index (χ1v) is 9.31. The minimum Gasteiger partial charge on any atom is -0.356 e. The SMILES string of the molecule is FC(F)(F)c1ccc(CN2CC3CC(C2)N3Cc2noc3ccccc23)cn1. The summed E-state index contributed by atoms with van der Waals surface area (Å²) in [7, 11) is 0. The largest absolute Gasteiger partial charge is 0.433 e.